The third-order valence-corrected chi connectivity index (χ3v) is 4.43. The Hall–Kier alpha value is -2.94. The van der Waals surface area contributed by atoms with Crippen LogP contribution in [0.3, 0.4) is 0 Å². The lowest BCUT2D eigenvalue weighted by Gasteiger charge is -1.97. The summed E-state index contributed by atoms with van der Waals surface area (Å²) in [6, 6.07) is 16.3. The summed E-state index contributed by atoms with van der Waals surface area (Å²) in [6.07, 6.45) is 0. The summed E-state index contributed by atoms with van der Waals surface area (Å²) in [4.78, 5) is 0. The Labute approximate surface area is 145 Å². The first kappa shape index (κ1) is 15.6. The molecule has 2 aromatic heterocycles. The van der Waals surface area contributed by atoms with E-state index in [0.717, 1.165) is 49.6 Å². The molecular formula is C22H20O3. The molecule has 0 saturated heterocycles. The molecule has 5 aromatic rings. The zero-order valence-corrected chi connectivity index (χ0v) is 14.8. The average Bonchev–Trinajstić information content (AvgIpc) is 3.17. The molecule has 0 spiro atoms. The second-order valence-corrected chi connectivity index (χ2v) is 5.91. The van der Waals surface area contributed by atoms with Gasteiger partial charge in [0.15, 0.2) is 0 Å². The lowest BCUT2D eigenvalue weighted by molar-refractivity contribution is 0.414. The standard InChI is InChI=1S/C20H14O3.C2H6/c1-11-3-5-13-15-9-20-16(10-19(15)22-17(13)7-11)14-6-4-12(21-2)8-18(14)23-20;1-2/h3-10H,1-2H3;1-2H3. The normalized spacial score (nSPS) is 11.2. The van der Waals surface area contributed by atoms with Gasteiger partial charge >= 0.3 is 0 Å². The minimum atomic E-state index is 0.793. The van der Waals surface area contributed by atoms with E-state index in [0.29, 0.717) is 0 Å². The van der Waals surface area contributed by atoms with Crippen LogP contribution in [0, 0.1) is 6.92 Å². The Morgan fingerprint density at radius 1 is 0.640 bits per heavy atom. The fourth-order valence-corrected chi connectivity index (χ4v) is 3.26. The highest BCUT2D eigenvalue weighted by molar-refractivity contribution is 6.14. The summed E-state index contributed by atoms with van der Waals surface area (Å²) in [5, 5.41) is 4.33. The van der Waals surface area contributed by atoms with Gasteiger partial charge in [-0.2, -0.15) is 0 Å². The first-order chi connectivity index (χ1) is 12.2. The molecule has 0 unspecified atom stereocenters. The van der Waals surface area contributed by atoms with Crippen LogP contribution in [0.15, 0.2) is 57.4 Å². The molecule has 0 N–H and O–H groups in total. The van der Waals surface area contributed by atoms with Gasteiger partial charge in [0, 0.05) is 27.6 Å². The second kappa shape index (κ2) is 5.85. The largest absolute Gasteiger partial charge is 0.497 e. The van der Waals surface area contributed by atoms with Crippen molar-refractivity contribution in [2.24, 2.45) is 0 Å². The molecule has 3 heteroatoms. The highest BCUT2D eigenvalue weighted by atomic mass is 16.5. The summed E-state index contributed by atoms with van der Waals surface area (Å²) in [6.45, 7) is 6.07. The SMILES string of the molecule is CC.COc1ccc2c(c1)oc1cc3c(cc12)oc1cc(C)ccc13. The molecule has 2 heterocycles. The smallest absolute Gasteiger partial charge is 0.139 e. The topological polar surface area (TPSA) is 35.5 Å². The van der Waals surface area contributed by atoms with Crippen LogP contribution in [0.25, 0.3) is 43.9 Å². The van der Waals surface area contributed by atoms with Crippen LogP contribution in [0.4, 0.5) is 0 Å². The lowest BCUT2D eigenvalue weighted by atomic mass is 10.1. The van der Waals surface area contributed by atoms with Crippen molar-refractivity contribution in [3.63, 3.8) is 0 Å². The van der Waals surface area contributed by atoms with E-state index in [4.69, 9.17) is 13.6 Å². The van der Waals surface area contributed by atoms with Crippen molar-refractivity contribution in [1.29, 1.82) is 0 Å². The number of hydrogen-bond acceptors (Lipinski definition) is 3. The Bertz CT molecular complexity index is 1210. The van der Waals surface area contributed by atoms with E-state index >= 15 is 0 Å². The third-order valence-electron chi connectivity index (χ3n) is 4.43. The molecule has 0 atom stereocenters. The number of benzene rings is 3. The van der Waals surface area contributed by atoms with Crippen molar-refractivity contribution in [3.05, 3.63) is 54.1 Å². The number of ether oxygens (including phenoxy) is 1. The molecule has 0 radical (unpaired) electrons. The van der Waals surface area contributed by atoms with Gasteiger partial charge in [0.05, 0.1) is 7.11 Å². The number of furan rings is 2. The van der Waals surface area contributed by atoms with Crippen molar-refractivity contribution in [2.75, 3.05) is 7.11 Å². The van der Waals surface area contributed by atoms with Crippen LogP contribution in [0.1, 0.15) is 19.4 Å². The molecular weight excluding hydrogens is 312 g/mol. The van der Waals surface area contributed by atoms with Crippen molar-refractivity contribution in [2.45, 2.75) is 20.8 Å². The van der Waals surface area contributed by atoms with Crippen LogP contribution in [-0.4, -0.2) is 7.11 Å². The fraction of sp³-hybridized carbons (Fsp3) is 0.182. The first-order valence-corrected chi connectivity index (χ1v) is 8.56. The maximum atomic E-state index is 6.04. The van der Waals surface area contributed by atoms with Gasteiger partial charge in [-0.1, -0.05) is 26.0 Å². The van der Waals surface area contributed by atoms with Gasteiger partial charge in [-0.3, -0.25) is 0 Å². The van der Waals surface area contributed by atoms with Crippen LogP contribution in [0.5, 0.6) is 5.75 Å². The minimum absolute atomic E-state index is 0.793. The molecule has 0 saturated carbocycles. The summed E-state index contributed by atoms with van der Waals surface area (Å²) < 4.78 is 17.3. The Balaban J connectivity index is 0.000000758. The molecule has 0 bridgehead atoms. The van der Waals surface area contributed by atoms with E-state index in [1.165, 1.54) is 5.56 Å². The van der Waals surface area contributed by atoms with Gasteiger partial charge < -0.3 is 13.6 Å². The minimum Gasteiger partial charge on any atom is -0.497 e. The number of rotatable bonds is 1. The summed E-state index contributed by atoms with van der Waals surface area (Å²) >= 11 is 0. The maximum Gasteiger partial charge on any atom is 0.139 e. The van der Waals surface area contributed by atoms with Gasteiger partial charge in [0.1, 0.15) is 28.1 Å². The quantitative estimate of drug-likeness (QED) is 0.337. The molecule has 3 aromatic carbocycles. The van der Waals surface area contributed by atoms with E-state index in [1.807, 2.05) is 32.0 Å². The number of aryl methyl sites for hydroxylation is 1. The third kappa shape index (κ3) is 2.35. The molecule has 0 fully saturated rings. The van der Waals surface area contributed by atoms with Crippen molar-refractivity contribution in [1.82, 2.24) is 0 Å². The van der Waals surface area contributed by atoms with Gasteiger partial charge in [-0.25, -0.2) is 0 Å². The monoisotopic (exact) mass is 332 g/mol. The molecule has 3 nitrogen and oxygen atoms in total. The highest BCUT2D eigenvalue weighted by Gasteiger charge is 2.13. The average molecular weight is 332 g/mol. The Kier molecular flexibility index (Phi) is 3.65. The van der Waals surface area contributed by atoms with Gasteiger partial charge in [0.2, 0.25) is 0 Å². The van der Waals surface area contributed by atoms with E-state index in [1.54, 1.807) is 7.11 Å². The molecule has 25 heavy (non-hydrogen) atoms. The fourth-order valence-electron chi connectivity index (χ4n) is 3.26. The molecule has 0 amide bonds. The molecule has 0 aliphatic carbocycles. The van der Waals surface area contributed by atoms with Gasteiger partial charge in [-0.15, -0.1) is 0 Å². The Morgan fingerprint density at radius 2 is 1.16 bits per heavy atom. The molecule has 5 rings (SSSR count). The van der Waals surface area contributed by atoms with Crippen LogP contribution in [-0.2, 0) is 0 Å². The second-order valence-electron chi connectivity index (χ2n) is 5.91. The molecule has 0 aliphatic rings. The van der Waals surface area contributed by atoms with E-state index in [2.05, 4.69) is 37.3 Å². The van der Waals surface area contributed by atoms with Crippen molar-refractivity contribution in [3.8, 4) is 5.75 Å². The Morgan fingerprint density at radius 3 is 1.76 bits per heavy atom. The van der Waals surface area contributed by atoms with E-state index in [-0.39, 0.29) is 0 Å². The van der Waals surface area contributed by atoms with Crippen LogP contribution < -0.4 is 4.74 Å². The van der Waals surface area contributed by atoms with Crippen molar-refractivity contribution < 1.29 is 13.6 Å². The number of methoxy groups -OCH3 is 1. The predicted molar refractivity (Wildman–Crippen MR) is 104 cm³/mol. The highest BCUT2D eigenvalue weighted by Crippen LogP contribution is 2.37. The molecule has 126 valence electrons. The van der Waals surface area contributed by atoms with Gasteiger partial charge in [0.25, 0.3) is 0 Å². The van der Waals surface area contributed by atoms with Gasteiger partial charge in [-0.05, 0) is 42.8 Å². The predicted octanol–water partition coefficient (Wildman–Crippen LogP) is 6.83. The van der Waals surface area contributed by atoms with E-state index < -0.39 is 0 Å². The summed E-state index contributed by atoms with van der Waals surface area (Å²) in [7, 11) is 1.66. The van der Waals surface area contributed by atoms with E-state index in [9.17, 15) is 0 Å². The summed E-state index contributed by atoms with van der Waals surface area (Å²) in [5.41, 5.74) is 4.68. The summed E-state index contributed by atoms with van der Waals surface area (Å²) in [5.74, 6) is 0.793. The van der Waals surface area contributed by atoms with Crippen molar-refractivity contribution >= 4 is 43.9 Å². The number of fused-ring (bicyclic) bond motifs is 6. The zero-order valence-electron chi connectivity index (χ0n) is 14.8. The maximum absolute atomic E-state index is 6.04. The first-order valence-electron chi connectivity index (χ1n) is 8.56. The van der Waals surface area contributed by atoms with Crippen LogP contribution in [0.2, 0.25) is 0 Å². The number of hydrogen-bond donors (Lipinski definition) is 0. The molecule has 0 aliphatic heterocycles. The zero-order chi connectivity index (χ0) is 17.6. The van der Waals surface area contributed by atoms with Crippen LogP contribution >= 0.6 is 0 Å². The lowest BCUT2D eigenvalue weighted by Crippen LogP contribution is -1.80.